The smallest absolute Gasteiger partial charge is 0.0998 e. The van der Waals surface area contributed by atoms with Crippen LogP contribution in [0.3, 0.4) is 0 Å². The highest BCUT2D eigenvalue weighted by Crippen LogP contribution is 2.27. The Hall–Kier alpha value is -1.59. The van der Waals surface area contributed by atoms with Gasteiger partial charge in [-0.2, -0.15) is 5.26 Å². The molecule has 2 aromatic carbocycles. The summed E-state index contributed by atoms with van der Waals surface area (Å²) in [5, 5.41) is 9.19. The van der Waals surface area contributed by atoms with E-state index in [0.29, 0.717) is 0 Å². The molecule has 0 spiro atoms. The highest BCUT2D eigenvalue weighted by molar-refractivity contribution is 9.10. The minimum Gasteiger partial charge on any atom is -0.192 e. The summed E-state index contributed by atoms with van der Waals surface area (Å²) in [6.45, 7) is 4.10. The lowest BCUT2D eigenvalue weighted by Gasteiger charge is -2.08. The van der Waals surface area contributed by atoms with Crippen molar-refractivity contribution >= 4 is 15.9 Å². The van der Waals surface area contributed by atoms with Crippen molar-refractivity contribution in [3.8, 4) is 17.2 Å². The zero-order valence-corrected chi connectivity index (χ0v) is 11.4. The summed E-state index contributed by atoms with van der Waals surface area (Å²) in [5.74, 6) is 0. The summed E-state index contributed by atoms with van der Waals surface area (Å²) in [6.07, 6.45) is 0. The number of aryl methyl sites for hydroxylation is 2. The van der Waals surface area contributed by atoms with E-state index in [-0.39, 0.29) is 0 Å². The fraction of sp³-hybridized carbons (Fsp3) is 0.133. The van der Waals surface area contributed by atoms with Crippen molar-refractivity contribution in [1.82, 2.24) is 0 Å². The third kappa shape index (κ3) is 2.40. The van der Waals surface area contributed by atoms with Gasteiger partial charge in [0.2, 0.25) is 0 Å². The zero-order valence-electron chi connectivity index (χ0n) is 9.79. The maximum absolute atomic E-state index is 9.19. The lowest BCUT2D eigenvalue weighted by molar-refractivity contribution is 1.32. The number of nitriles is 1. The van der Waals surface area contributed by atoms with Gasteiger partial charge in [0.1, 0.15) is 0 Å². The Kier molecular flexibility index (Phi) is 3.31. The standard InChI is InChI=1S/C15H12BrN/c1-10-7-13(9-17)15(8-11(10)2)12-3-5-14(16)6-4-12/h3-8H,1-2H3. The summed E-state index contributed by atoms with van der Waals surface area (Å²) in [5.41, 5.74) is 5.18. The molecular formula is C15H12BrN. The van der Waals surface area contributed by atoms with Gasteiger partial charge < -0.3 is 0 Å². The molecular weight excluding hydrogens is 274 g/mol. The molecule has 0 aliphatic heterocycles. The largest absolute Gasteiger partial charge is 0.192 e. The van der Waals surface area contributed by atoms with Gasteiger partial charge in [-0.15, -0.1) is 0 Å². The quantitative estimate of drug-likeness (QED) is 0.751. The van der Waals surface area contributed by atoms with Crippen molar-refractivity contribution in [2.24, 2.45) is 0 Å². The van der Waals surface area contributed by atoms with Crippen molar-refractivity contribution < 1.29 is 0 Å². The molecule has 0 bridgehead atoms. The Morgan fingerprint density at radius 1 is 1.00 bits per heavy atom. The van der Waals surface area contributed by atoms with Gasteiger partial charge in [0.15, 0.2) is 0 Å². The van der Waals surface area contributed by atoms with Gasteiger partial charge >= 0.3 is 0 Å². The highest BCUT2D eigenvalue weighted by Gasteiger charge is 2.07. The topological polar surface area (TPSA) is 23.8 Å². The number of hydrogen-bond donors (Lipinski definition) is 0. The Morgan fingerprint density at radius 3 is 2.18 bits per heavy atom. The number of rotatable bonds is 1. The Labute approximate surface area is 110 Å². The highest BCUT2D eigenvalue weighted by atomic mass is 79.9. The van der Waals surface area contributed by atoms with E-state index in [1.54, 1.807) is 0 Å². The molecule has 0 radical (unpaired) electrons. The fourth-order valence-corrected chi connectivity index (χ4v) is 2.04. The molecule has 0 aliphatic carbocycles. The molecule has 1 nitrogen and oxygen atoms in total. The Morgan fingerprint density at radius 2 is 1.59 bits per heavy atom. The van der Waals surface area contributed by atoms with E-state index < -0.39 is 0 Å². The van der Waals surface area contributed by atoms with Gasteiger partial charge in [0, 0.05) is 4.47 Å². The van der Waals surface area contributed by atoms with Crippen molar-refractivity contribution in [3.63, 3.8) is 0 Å². The minimum absolute atomic E-state index is 0.732. The van der Waals surface area contributed by atoms with Crippen LogP contribution in [0.1, 0.15) is 16.7 Å². The average molecular weight is 286 g/mol. The summed E-state index contributed by atoms with van der Waals surface area (Å²) in [6, 6.07) is 14.3. The van der Waals surface area contributed by atoms with Crippen LogP contribution >= 0.6 is 15.9 Å². The van der Waals surface area contributed by atoms with Gasteiger partial charge in [-0.3, -0.25) is 0 Å². The van der Waals surface area contributed by atoms with Gasteiger partial charge in [-0.25, -0.2) is 0 Å². The van der Waals surface area contributed by atoms with Crippen LogP contribution < -0.4 is 0 Å². The molecule has 0 N–H and O–H groups in total. The summed E-state index contributed by atoms with van der Waals surface area (Å²) < 4.78 is 1.04. The SMILES string of the molecule is Cc1cc(C#N)c(-c2ccc(Br)cc2)cc1C. The monoisotopic (exact) mass is 285 g/mol. The van der Waals surface area contributed by atoms with Crippen LogP contribution in [0.2, 0.25) is 0 Å². The van der Waals surface area contributed by atoms with Gasteiger partial charge in [0.25, 0.3) is 0 Å². The van der Waals surface area contributed by atoms with E-state index >= 15 is 0 Å². The van der Waals surface area contributed by atoms with Crippen LogP contribution in [0, 0.1) is 25.2 Å². The van der Waals surface area contributed by atoms with Crippen LogP contribution in [-0.2, 0) is 0 Å². The summed E-state index contributed by atoms with van der Waals surface area (Å²) in [4.78, 5) is 0. The molecule has 2 aromatic rings. The maximum atomic E-state index is 9.19. The third-order valence-corrected chi connectivity index (χ3v) is 3.44. The van der Waals surface area contributed by atoms with Crippen LogP contribution in [0.25, 0.3) is 11.1 Å². The van der Waals surface area contributed by atoms with Crippen molar-refractivity contribution in [2.75, 3.05) is 0 Å². The first-order valence-corrected chi connectivity index (χ1v) is 6.18. The van der Waals surface area contributed by atoms with E-state index in [1.165, 1.54) is 5.56 Å². The molecule has 2 heteroatoms. The molecule has 0 atom stereocenters. The molecule has 17 heavy (non-hydrogen) atoms. The first kappa shape index (κ1) is 11.9. The van der Waals surface area contributed by atoms with E-state index in [9.17, 15) is 5.26 Å². The molecule has 0 aromatic heterocycles. The second kappa shape index (κ2) is 4.73. The fourth-order valence-electron chi connectivity index (χ4n) is 1.78. The van der Waals surface area contributed by atoms with Gasteiger partial charge in [-0.1, -0.05) is 28.1 Å². The molecule has 0 fully saturated rings. The van der Waals surface area contributed by atoms with Gasteiger partial charge in [0.05, 0.1) is 11.6 Å². The van der Waals surface area contributed by atoms with Crippen molar-refractivity contribution in [2.45, 2.75) is 13.8 Å². The Bertz CT molecular complexity index is 592. The van der Waals surface area contributed by atoms with E-state index in [1.807, 2.05) is 37.3 Å². The first-order valence-electron chi connectivity index (χ1n) is 5.39. The number of benzene rings is 2. The molecule has 0 unspecified atom stereocenters. The van der Waals surface area contributed by atoms with E-state index in [4.69, 9.17) is 0 Å². The van der Waals surface area contributed by atoms with Gasteiger partial charge in [-0.05, 0) is 60.4 Å². The third-order valence-electron chi connectivity index (χ3n) is 2.91. The second-order valence-corrected chi connectivity index (χ2v) is 5.02. The molecule has 0 aliphatic rings. The number of nitrogens with zero attached hydrogens (tertiary/aromatic N) is 1. The first-order chi connectivity index (χ1) is 8.11. The molecule has 84 valence electrons. The van der Waals surface area contributed by atoms with E-state index in [0.717, 1.165) is 26.7 Å². The predicted octanol–water partition coefficient (Wildman–Crippen LogP) is 4.60. The lowest BCUT2D eigenvalue weighted by atomic mass is 9.95. The summed E-state index contributed by atoms with van der Waals surface area (Å²) in [7, 11) is 0. The predicted molar refractivity (Wildman–Crippen MR) is 73.8 cm³/mol. The number of halogens is 1. The van der Waals surface area contributed by atoms with Crippen LogP contribution in [0.4, 0.5) is 0 Å². The molecule has 0 heterocycles. The average Bonchev–Trinajstić information content (AvgIpc) is 2.33. The van der Waals surface area contributed by atoms with Crippen LogP contribution in [0.5, 0.6) is 0 Å². The normalized spacial score (nSPS) is 10.0. The van der Waals surface area contributed by atoms with Crippen LogP contribution in [-0.4, -0.2) is 0 Å². The van der Waals surface area contributed by atoms with Crippen LogP contribution in [0.15, 0.2) is 40.9 Å². The molecule has 0 saturated carbocycles. The van der Waals surface area contributed by atoms with Crippen molar-refractivity contribution in [1.29, 1.82) is 5.26 Å². The molecule has 2 rings (SSSR count). The summed E-state index contributed by atoms with van der Waals surface area (Å²) >= 11 is 3.41. The lowest BCUT2D eigenvalue weighted by Crippen LogP contribution is -1.89. The number of hydrogen-bond acceptors (Lipinski definition) is 1. The zero-order chi connectivity index (χ0) is 12.4. The van der Waals surface area contributed by atoms with Crippen molar-refractivity contribution in [3.05, 3.63) is 57.6 Å². The molecule has 0 saturated heterocycles. The second-order valence-electron chi connectivity index (χ2n) is 4.10. The maximum Gasteiger partial charge on any atom is 0.0998 e. The Balaban J connectivity index is 2.63. The van der Waals surface area contributed by atoms with E-state index in [2.05, 4.69) is 35.0 Å². The minimum atomic E-state index is 0.732. The molecule has 0 amide bonds.